The fraction of sp³-hybridized carbons (Fsp3) is 0.500. The largest absolute Gasteiger partial charge is 0.426 e. The number of esters is 1. The number of ether oxygens (including phenoxy) is 1. The molecule has 2 aromatic rings. The fourth-order valence-corrected chi connectivity index (χ4v) is 3.81. The molecule has 3 rings (SSSR count). The number of unbranched alkanes of at least 4 members (excludes halogenated alkanes) is 2. The van der Waals surface area contributed by atoms with Crippen molar-refractivity contribution in [2.24, 2.45) is 11.8 Å². The normalized spacial score (nSPS) is 19.8. The molecular formula is C22H27F2NO2. The summed E-state index contributed by atoms with van der Waals surface area (Å²) in [6.45, 7) is 2.22. The second-order valence-electron chi connectivity index (χ2n) is 7.49. The minimum absolute atomic E-state index is 0.0280. The van der Waals surface area contributed by atoms with Gasteiger partial charge in [0.25, 0.3) is 0 Å². The fourth-order valence-electron chi connectivity index (χ4n) is 3.81. The molecular weight excluding hydrogens is 348 g/mol. The summed E-state index contributed by atoms with van der Waals surface area (Å²) >= 11 is 0. The van der Waals surface area contributed by atoms with Gasteiger partial charge in [-0.05, 0) is 55.9 Å². The Labute approximate surface area is 159 Å². The van der Waals surface area contributed by atoms with Crippen molar-refractivity contribution >= 4 is 5.97 Å². The third-order valence-electron chi connectivity index (χ3n) is 5.48. The molecule has 0 unspecified atom stereocenters. The SMILES string of the molecule is CCCCCC1CCC(C(=O)Oc2ccc(-n3cc(F)c(F)c3)cc2)CC1. The maximum absolute atomic E-state index is 13.1. The highest BCUT2D eigenvalue weighted by atomic mass is 19.2. The van der Waals surface area contributed by atoms with Gasteiger partial charge in [0.2, 0.25) is 0 Å². The lowest BCUT2D eigenvalue weighted by atomic mass is 9.80. The van der Waals surface area contributed by atoms with Crippen molar-refractivity contribution in [1.82, 2.24) is 4.57 Å². The average Bonchev–Trinajstić information content (AvgIpc) is 3.02. The summed E-state index contributed by atoms with van der Waals surface area (Å²) in [5.41, 5.74) is 0.602. The molecule has 0 radical (unpaired) electrons. The maximum atomic E-state index is 13.1. The second kappa shape index (κ2) is 9.16. The molecule has 1 heterocycles. The van der Waals surface area contributed by atoms with Gasteiger partial charge in [-0.15, -0.1) is 0 Å². The lowest BCUT2D eigenvalue weighted by molar-refractivity contribution is -0.140. The van der Waals surface area contributed by atoms with Crippen LogP contribution in [0.2, 0.25) is 0 Å². The predicted octanol–water partition coefficient (Wildman–Crippen LogP) is 6.05. The van der Waals surface area contributed by atoms with Crippen molar-refractivity contribution in [3.05, 3.63) is 48.3 Å². The van der Waals surface area contributed by atoms with E-state index in [0.29, 0.717) is 11.4 Å². The van der Waals surface area contributed by atoms with Crippen LogP contribution in [0.15, 0.2) is 36.7 Å². The van der Waals surface area contributed by atoms with Gasteiger partial charge in [-0.25, -0.2) is 8.78 Å². The first-order chi connectivity index (χ1) is 13.1. The van der Waals surface area contributed by atoms with E-state index in [0.717, 1.165) is 44.0 Å². The summed E-state index contributed by atoms with van der Waals surface area (Å²) in [5, 5.41) is 0. The molecule has 1 aliphatic carbocycles. The maximum Gasteiger partial charge on any atom is 0.314 e. The Morgan fingerprint density at radius 3 is 2.26 bits per heavy atom. The number of nitrogens with zero attached hydrogens (tertiary/aromatic N) is 1. The van der Waals surface area contributed by atoms with Gasteiger partial charge >= 0.3 is 5.97 Å². The molecule has 0 spiro atoms. The van der Waals surface area contributed by atoms with E-state index >= 15 is 0 Å². The first kappa shape index (κ1) is 19.6. The lowest BCUT2D eigenvalue weighted by Gasteiger charge is -2.27. The van der Waals surface area contributed by atoms with E-state index < -0.39 is 11.6 Å². The Morgan fingerprint density at radius 1 is 1.04 bits per heavy atom. The second-order valence-corrected chi connectivity index (χ2v) is 7.49. The van der Waals surface area contributed by atoms with E-state index in [1.54, 1.807) is 24.3 Å². The zero-order chi connectivity index (χ0) is 19.2. The van der Waals surface area contributed by atoms with Crippen LogP contribution in [0, 0.1) is 23.5 Å². The topological polar surface area (TPSA) is 31.2 Å². The molecule has 1 aliphatic rings. The molecule has 0 amide bonds. The van der Waals surface area contributed by atoms with Gasteiger partial charge in [0.1, 0.15) is 5.75 Å². The molecule has 146 valence electrons. The molecule has 1 aromatic carbocycles. The van der Waals surface area contributed by atoms with Crippen LogP contribution in [0.5, 0.6) is 5.75 Å². The summed E-state index contributed by atoms with van der Waals surface area (Å²) < 4.78 is 33.1. The Hall–Kier alpha value is -2.17. The van der Waals surface area contributed by atoms with Crippen molar-refractivity contribution in [3.63, 3.8) is 0 Å². The molecule has 0 atom stereocenters. The van der Waals surface area contributed by atoms with Crippen molar-refractivity contribution in [2.45, 2.75) is 58.3 Å². The molecule has 1 saturated carbocycles. The quantitative estimate of drug-likeness (QED) is 0.335. The standard InChI is InChI=1S/C22H27F2NO2/c1-2-3-4-5-16-6-8-17(9-7-16)22(26)27-19-12-10-18(11-13-19)25-14-20(23)21(24)15-25/h10-17H,2-9H2,1H3. The number of halogens is 2. The van der Waals surface area contributed by atoms with Crippen LogP contribution >= 0.6 is 0 Å². The smallest absolute Gasteiger partial charge is 0.314 e. The van der Waals surface area contributed by atoms with E-state index in [1.165, 1.54) is 30.3 Å². The van der Waals surface area contributed by atoms with Gasteiger partial charge in [-0.3, -0.25) is 4.79 Å². The Morgan fingerprint density at radius 2 is 1.67 bits per heavy atom. The summed E-state index contributed by atoms with van der Waals surface area (Å²) in [6, 6.07) is 6.65. The highest BCUT2D eigenvalue weighted by molar-refractivity contribution is 5.75. The minimum atomic E-state index is -0.893. The summed E-state index contributed by atoms with van der Waals surface area (Å²) in [4.78, 5) is 12.4. The monoisotopic (exact) mass is 375 g/mol. The Kier molecular flexibility index (Phi) is 6.64. The van der Waals surface area contributed by atoms with Crippen LogP contribution in [0.25, 0.3) is 5.69 Å². The van der Waals surface area contributed by atoms with Crippen LogP contribution in [0.4, 0.5) is 8.78 Å². The molecule has 1 fully saturated rings. The summed E-state index contributed by atoms with van der Waals surface area (Å²) in [7, 11) is 0. The van der Waals surface area contributed by atoms with Gasteiger partial charge in [0.05, 0.1) is 5.92 Å². The van der Waals surface area contributed by atoms with Crippen molar-refractivity contribution < 1.29 is 18.3 Å². The molecule has 0 N–H and O–H groups in total. The highest BCUT2D eigenvalue weighted by Gasteiger charge is 2.27. The highest BCUT2D eigenvalue weighted by Crippen LogP contribution is 2.33. The van der Waals surface area contributed by atoms with E-state index in [4.69, 9.17) is 4.74 Å². The first-order valence-corrected chi connectivity index (χ1v) is 9.92. The number of hydrogen-bond donors (Lipinski definition) is 0. The van der Waals surface area contributed by atoms with Crippen LogP contribution < -0.4 is 4.74 Å². The van der Waals surface area contributed by atoms with E-state index in [-0.39, 0.29) is 11.9 Å². The molecule has 0 aliphatic heterocycles. The lowest BCUT2D eigenvalue weighted by Crippen LogP contribution is -2.25. The number of rotatable bonds is 7. The summed E-state index contributed by atoms with van der Waals surface area (Å²) in [6.07, 6.45) is 11.3. The number of hydrogen-bond acceptors (Lipinski definition) is 2. The number of aromatic nitrogens is 1. The average molecular weight is 375 g/mol. The Balaban J connectivity index is 1.50. The molecule has 0 saturated heterocycles. The Bertz CT molecular complexity index is 727. The third-order valence-corrected chi connectivity index (χ3v) is 5.48. The number of carbonyl (C=O) groups is 1. The van der Waals surface area contributed by atoms with Crippen LogP contribution in [0.3, 0.4) is 0 Å². The minimum Gasteiger partial charge on any atom is -0.426 e. The zero-order valence-corrected chi connectivity index (χ0v) is 15.8. The predicted molar refractivity (Wildman–Crippen MR) is 101 cm³/mol. The molecule has 3 nitrogen and oxygen atoms in total. The molecule has 0 bridgehead atoms. The molecule has 27 heavy (non-hydrogen) atoms. The first-order valence-electron chi connectivity index (χ1n) is 9.92. The zero-order valence-electron chi connectivity index (χ0n) is 15.8. The molecule has 1 aromatic heterocycles. The van der Waals surface area contributed by atoms with E-state index in [2.05, 4.69) is 6.92 Å². The van der Waals surface area contributed by atoms with E-state index in [1.807, 2.05) is 0 Å². The van der Waals surface area contributed by atoms with Gasteiger partial charge < -0.3 is 9.30 Å². The van der Waals surface area contributed by atoms with Crippen molar-refractivity contribution in [1.29, 1.82) is 0 Å². The van der Waals surface area contributed by atoms with Crippen LogP contribution in [-0.2, 0) is 4.79 Å². The number of benzene rings is 1. The number of carbonyl (C=O) groups excluding carboxylic acids is 1. The summed E-state index contributed by atoms with van der Waals surface area (Å²) in [5.74, 6) is -0.775. The third kappa shape index (κ3) is 5.18. The van der Waals surface area contributed by atoms with Gasteiger partial charge in [-0.1, -0.05) is 32.6 Å². The van der Waals surface area contributed by atoms with Gasteiger partial charge in [0.15, 0.2) is 11.6 Å². The van der Waals surface area contributed by atoms with E-state index in [9.17, 15) is 13.6 Å². The van der Waals surface area contributed by atoms with Crippen LogP contribution in [0.1, 0.15) is 58.3 Å². The van der Waals surface area contributed by atoms with Gasteiger partial charge in [-0.2, -0.15) is 0 Å². The van der Waals surface area contributed by atoms with Crippen molar-refractivity contribution in [2.75, 3.05) is 0 Å². The molecule has 5 heteroatoms. The van der Waals surface area contributed by atoms with Crippen LogP contribution in [-0.4, -0.2) is 10.5 Å². The van der Waals surface area contributed by atoms with Crippen molar-refractivity contribution in [3.8, 4) is 11.4 Å². The van der Waals surface area contributed by atoms with Gasteiger partial charge in [0, 0.05) is 18.1 Å².